The summed E-state index contributed by atoms with van der Waals surface area (Å²) in [6.07, 6.45) is 0. The lowest BCUT2D eigenvalue weighted by atomic mass is 10.0. The van der Waals surface area contributed by atoms with Crippen LogP contribution in [0.15, 0.2) is 78.9 Å². The molecule has 3 aromatic carbocycles. The van der Waals surface area contributed by atoms with E-state index in [1.165, 1.54) is 0 Å². The number of carbonyl (C=O) groups excluding carboxylic acids is 2. The average Bonchev–Trinajstić information content (AvgIpc) is 2.83. The number of anilines is 2. The van der Waals surface area contributed by atoms with Gasteiger partial charge < -0.3 is 15.5 Å². The number of rotatable bonds is 5. The van der Waals surface area contributed by atoms with Crippen molar-refractivity contribution in [2.24, 2.45) is 0 Å². The molecule has 0 spiro atoms. The summed E-state index contributed by atoms with van der Waals surface area (Å²) in [5.41, 5.74) is 4.69. The summed E-state index contributed by atoms with van der Waals surface area (Å²) in [6, 6.07) is 24.8. The molecule has 4 rings (SSSR count). The van der Waals surface area contributed by atoms with Crippen molar-refractivity contribution in [2.45, 2.75) is 19.9 Å². The number of para-hydroxylation sites is 1. The van der Waals surface area contributed by atoms with Crippen LogP contribution in [0.1, 0.15) is 22.7 Å². The molecule has 170 valence electrons. The number of amides is 3. The van der Waals surface area contributed by atoms with Gasteiger partial charge in [0, 0.05) is 37.6 Å². The largest absolute Gasteiger partial charge is 0.324 e. The van der Waals surface area contributed by atoms with Crippen molar-refractivity contribution >= 4 is 23.3 Å². The number of piperazine rings is 1. The van der Waals surface area contributed by atoms with E-state index in [2.05, 4.69) is 15.5 Å². The summed E-state index contributed by atoms with van der Waals surface area (Å²) in [5, 5.41) is 6.08. The first-order valence-electron chi connectivity index (χ1n) is 11.3. The Kier molecular flexibility index (Phi) is 7.05. The van der Waals surface area contributed by atoms with Crippen molar-refractivity contribution < 1.29 is 9.59 Å². The maximum atomic E-state index is 13.5. The molecule has 6 heteroatoms. The molecule has 1 fully saturated rings. The molecule has 2 N–H and O–H groups in total. The molecule has 1 aliphatic rings. The molecule has 3 aromatic rings. The number of hydrogen-bond acceptors (Lipinski definition) is 3. The third-order valence-electron chi connectivity index (χ3n) is 6.01. The first kappa shape index (κ1) is 22.6. The molecule has 0 aliphatic carbocycles. The predicted octanol–water partition coefficient (Wildman–Crippen LogP) is 4.83. The van der Waals surface area contributed by atoms with Gasteiger partial charge >= 0.3 is 6.03 Å². The van der Waals surface area contributed by atoms with Gasteiger partial charge in [-0.25, -0.2) is 4.79 Å². The minimum atomic E-state index is -0.426. The van der Waals surface area contributed by atoms with E-state index in [0.29, 0.717) is 26.2 Å². The lowest BCUT2D eigenvalue weighted by Gasteiger charge is -2.38. The van der Waals surface area contributed by atoms with Crippen LogP contribution in [-0.4, -0.2) is 47.9 Å². The zero-order valence-corrected chi connectivity index (χ0v) is 19.1. The minimum Gasteiger partial charge on any atom is -0.324 e. The Morgan fingerprint density at radius 1 is 0.788 bits per heavy atom. The molecule has 3 amide bonds. The normalized spacial score (nSPS) is 15.0. The Morgan fingerprint density at radius 2 is 1.42 bits per heavy atom. The van der Waals surface area contributed by atoms with E-state index in [1.807, 2.05) is 92.7 Å². The average molecular weight is 443 g/mol. The fourth-order valence-electron chi connectivity index (χ4n) is 4.14. The molecule has 0 bridgehead atoms. The third-order valence-corrected chi connectivity index (χ3v) is 6.01. The zero-order valence-electron chi connectivity index (χ0n) is 19.1. The van der Waals surface area contributed by atoms with E-state index < -0.39 is 6.04 Å². The second-order valence-electron chi connectivity index (χ2n) is 8.44. The Balaban J connectivity index is 1.46. The molecule has 1 saturated heterocycles. The summed E-state index contributed by atoms with van der Waals surface area (Å²) < 4.78 is 0. The summed E-state index contributed by atoms with van der Waals surface area (Å²) in [4.78, 5) is 30.1. The topological polar surface area (TPSA) is 64.7 Å². The third kappa shape index (κ3) is 5.59. The van der Waals surface area contributed by atoms with Crippen LogP contribution in [0.5, 0.6) is 0 Å². The highest BCUT2D eigenvalue weighted by Crippen LogP contribution is 2.26. The highest BCUT2D eigenvalue weighted by molar-refractivity contribution is 5.96. The zero-order chi connectivity index (χ0) is 23.2. The number of aryl methyl sites for hydroxylation is 2. The first-order chi connectivity index (χ1) is 16.0. The smallest absolute Gasteiger partial charge is 0.321 e. The maximum Gasteiger partial charge on any atom is 0.321 e. The van der Waals surface area contributed by atoms with Crippen LogP contribution in [0, 0.1) is 13.8 Å². The van der Waals surface area contributed by atoms with E-state index in [9.17, 15) is 9.59 Å². The van der Waals surface area contributed by atoms with Crippen LogP contribution in [-0.2, 0) is 4.79 Å². The van der Waals surface area contributed by atoms with E-state index in [0.717, 1.165) is 28.1 Å². The molecule has 6 nitrogen and oxygen atoms in total. The Hall–Kier alpha value is -3.64. The molecule has 1 aliphatic heterocycles. The van der Waals surface area contributed by atoms with E-state index in [4.69, 9.17) is 0 Å². The van der Waals surface area contributed by atoms with Crippen LogP contribution in [0.25, 0.3) is 0 Å². The highest BCUT2D eigenvalue weighted by Gasteiger charge is 2.32. The number of carbonyl (C=O) groups is 2. The monoisotopic (exact) mass is 442 g/mol. The van der Waals surface area contributed by atoms with Gasteiger partial charge in [-0.2, -0.15) is 0 Å². The van der Waals surface area contributed by atoms with Gasteiger partial charge in [-0.1, -0.05) is 60.7 Å². The standard InChI is InChI=1S/C27H30N4O2/c1-20-13-14-21(2)24(19-20)29-26(32)25(22-9-5-3-6-10-22)30-15-17-31(18-16-30)27(33)28-23-11-7-4-8-12-23/h3-14,19,25H,15-18H2,1-2H3,(H,28,33)(H,29,32)/t25-/m0/s1. The molecule has 33 heavy (non-hydrogen) atoms. The summed E-state index contributed by atoms with van der Waals surface area (Å²) >= 11 is 0. The van der Waals surface area contributed by atoms with Gasteiger partial charge in [0.2, 0.25) is 5.91 Å². The fraction of sp³-hybridized carbons (Fsp3) is 0.259. The maximum absolute atomic E-state index is 13.5. The van der Waals surface area contributed by atoms with E-state index in [1.54, 1.807) is 4.90 Å². The van der Waals surface area contributed by atoms with Crippen molar-refractivity contribution in [1.82, 2.24) is 9.80 Å². The highest BCUT2D eigenvalue weighted by atomic mass is 16.2. The Labute approximate surface area is 195 Å². The number of nitrogens with zero attached hydrogens (tertiary/aromatic N) is 2. The van der Waals surface area contributed by atoms with Crippen LogP contribution in [0.4, 0.5) is 16.2 Å². The van der Waals surface area contributed by atoms with Crippen LogP contribution in [0.2, 0.25) is 0 Å². The number of urea groups is 1. The SMILES string of the molecule is Cc1ccc(C)c(NC(=O)[C@H](c2ccccc2)N2CCN(C(=O)Nc3ccccc3)CC2)c1. The van der Waals surface area contributed by atoms with Crippen molar-refractivity contribution in [3.8, 4) is 0 Å². The molecule has 0 aromatic heterocycles. The quantitative estimate of drug-likeness (QED) is 0.595. The summed E-state index contributed by atoms with van der Waals surface area (Å²) in [6.45, 7) is 6.35. The predicted molar refractivity (Wildman–Crippen MR) is 132 cm³/mol. The van der Waals surface area contributed by atoms with Crippen LogP contribution < -0.4 is 10.6 Å². The molecular weight excluding hydrogens is 412 g/mol. The lowest BCUT2D eigenvalue weighted by molar-refractivity contribution is -0.122. The molecule has 0 unspecified atom stereocenters. The second kappa shape index (κ2) is 10.3. The van der Waals surface area contributed by atoms with E-state index >= 15 is 0 Å². The van der Waals surface area contributed by atoms with Gasteiger partial charge in [0.25, 0.3) is 0 Å². The summed E-state index contributed by atoms with van der Waals surface area (Å²) in [7, 11) is 0. The molecule has 1 atom stereocenters. The van der Waals surface area contributed by atoms with Crippen LogP contribution >= 0.6 is 0 Å². The van der Waals surface area contributed by atoms with Gasteiger partial charge in [0.15, 0.2) is 0 Å². The fourth-order valence-corrected chi connectivity index (χ4v) is 4.14. The number of nitrogens with one attached hydrogen (secondary N) is 2. The molecule has 1 heterocycles. The summed E-state index contributed by atoms with van der Waals surface area (Å²) in [5.74, 6) is -0.0583. The minimum absolute atomic E-state index is 0.0583. The van der Waals surface area contributed by atoms with Gasteiger partial charge in [0.1, 0.15) is 6.04 Å². The molecule has 0 radical (unpaired) electrons. The van der Waals surface area contributed by atoms with Crippen LogP contribution in [0.3, 0.4) is 0 Å². The second-order valence-corrected chi connectivity index (χ2v) is 8.44. The van der Waals surface area contributed by atoms with Crippen molar-refractivity contribution in [2.75, 3.05) is 36.8 Å². The molecule has 0 saturated carbocycles. The van der Waals surface area contributed by atoms with Gasteiger partial charge in [-0.05, 0) is 48.7 Å². The first-order valence-corrected chi connectivity index (χ1v) is 11.3. The van der Waals surface area contributed by atoms with Crippen molar-refractivity contribution in [3.05, 3.63) is 95.6 Å². The molecular formula is C27H30N4O2. The van der Waals surface area contributed by atoms with E-state index in [-0.39, 0.29) is 11.9 Å². The number of benzene rings is 3. The van der Waals surface area contributed by atoms with Gasteiger partial charge in [-0.15, -0.1) is 0 Å². The van der Waals surface area contributed by atoms with Crippen molar-refractivity contribution in [1.29, 1.82) is 0 Å². The van der Waals surface area contributed by atoms with Crippen molar-refractivity contribution in [3.63, 3.8) is 0 Å². The Morgan fingerprint density at radius 3 is 2.09 bits per heavy atom. The number of hydrogen-bond donors (Lipinski definition) is 2. The van der Waals surface area contributed by atoms with Gasteiger partial charge in [-0.3, -0.25) is 9.69 Å². The lowest BCUT2D eigenvalue weighted by Crippen LogP contribution is -2.52. The Bertz CT molecular complexity index is 1090. The van der Waals surface area contributed by atoms with Gasteiger partial charge in [0.05, 0.1) is 0 Å².